The fourth-order valence-electron chi connectivity index (χ4n) is 1.33. The van der Waals surface area contributed by atoms with Crippen LogP contribution in [0.1, 0.15) is 32.8 Å². The van der Waals surface area contributed by atoms with Crippen LogP contribution in [0.3, 0.4) is 0 Å². The molecule has 0 saturated carbocycles. The molecular weight excluding hydrogens is 228 g/mol. The topological polar surface area (TPSA) is 64.3 Å². The summed E-state index contributed by atoms with van der Waals surface area (Å²) in [5.41, 5.74) is 5.87. The molecule has 1 rings (SSSR count). The molecule has 0 radical (unpaired) electrons. The minimum Gasteiger partial charge on any atom is -0.494 e. The predicted molar refractivity (Wildman–Crippen MR) is 72.3 cm³/mol. The van der Waals surface area contributed by atoms with Crippen molar-refractivity contribution in [2.45, 2.75) is 39.3 Å². The molecule has 0 saturated heterocycles. The van der Waals surface area contributed by atoms with E-state index in [0.29, 0.717) is 6.54 Å². The van der Waals surface area contributed by atoms with Gasteiger partial charge in [-0.15, -0.1) is 0 Å². The number of ether oxygens (including phenoxy) is 1. The maximum atomic E-state index is 11.6. The van der Waals surface area contributed by atoms with Crippen LogP contribution in [-0.2, 0) is 11.3 Å². The third-order valence-corrected chi connectivity index (χ3v) is 2.43. The average molecular weight is 250 g/mol. The smallest absolute Gasteiger partial charge is 0.239 e. The number of hydrogen-bond acceptors (Lipinski definition) is 3. The first-order valence-electron chi connectivity index (χ1n) is 6.22. The second-order valence-corrected chi connectivity index (χ2v) is 4.90. The van der Waals surface area contributed by atoms with Gasteiger partial charge in [-0.2, -0.15) is 0 Å². The van der Waals surface area contributed by atoms with Crippen molar-refractivity contribution in [1.82, 2.24) is 5.32 Å². The molecule has 0 aromatic heterocycles. The second-order valence-electron chi connectivity index (χ2n) is 4.90. The molecule has 3 N–H and O–H groups in total. The van der Waals surface area contributed by atoms with E-state index in [1.54, 1.807) is 13.8 Å². The van der Waals surface area contributed by atoms with Crippen molar-refractivity contribution >= 4 is 5.91 Å². The molecule has 4 heteroatoms. The van der Waals surface area contributed by atoms with Gasteiger partial charge in [0.05, 0.1) is 12.1 Å². The number of hydrogen-bond donors (Lipinski definition) is 2. The first-order chi connectivity index (χ1) is 8.43. The van der Waals surface area contributed by atoms with Gasteiger partial charge in [-0.3, -0.25) is 4.79 Å². The third-order valence-electron chi connectivity index (χ3n) is 2.43. The number of amides is 1. The Labute approximate surface area is 109 Å². The monoisotopic (exact) mass is 250 g/mol. The van der Waals surface area contributed by atoms with Gasteiger partial charge in [0.1, 0.15) is 5.75 Å². The van der Waals surface area contributed by atoms with Gasteiger partial charge in [0.15, 0.2) is 0 Å². The van der Waals surface area contributed by atoms with Gasteiger partial charge in [0.2, 0.25) is 5.91 Å². The summed E-state index contributed by atoms with van der Waals surface area (Å²) in [6, 6.07) is 7.69. The summed E-state index contributed by atoms with van der Waals surface area (Å²) in [4.78, 5) is 11.6. The van der Waals surface area contributed by atoms with Crippen LogP contribution in [0.25, 0.3) is 0 Å². The molecule has 4 nitrogen and oxygen atoms in total. The number of carbonyl (C=O) groups is 1. The van der Waals surface area contributed by atoms with E-state index in [9.17, 15) is 4.79 Å². The van der Waals surface area contributed by atoms with Gasteiger partial charge >= 0.3 is 0 Å². The molecule has 0 bridgehead atoms. The Hall–Kier alpha value is -1.55. The molecule has 0 atom stereocenters. The first kappa shape index (κ1) is 14.5. The van der Waals surface area contributed by atoms with Gasteiger partial charge < -0.3 is 15.8 Å². The molecule has 0 aliphatic carbocycles. The number of nitrogens with two attached hydrogens (primary N) is 1. The van der Waals surface area contributed by atoms with E-state index in [1.807, 2.05) is 24.3 Å². The molecule has 0 spiro atoms. The van der Waals surface area contributed by atoms with Crippen LogP contribution in [0.15, 0.2) is 24.3 Å². The first-order valence-corrected chi connectivity index (χ1v) is 6.22. The second kappa shape index (κ2) is 6.40. The average Bonchev–Trinajstić information content (AvgIpc) is 2.33. The van der Waals surface area contributed by atoms with Crippen molar-refractivity contribution in [1.29, 1.82) is 0 Å². The van der Waals surface area contributed by atoms with E-state index >= 15 is 0 Å². The zero-order valence-electron chi connectivity index (χ0n) is 11.3. The zero-order chi connectivity index (χ0) is 13.6. The highest BCUT2D eigenvalue weighted by Crippen LogP contribution is 2.12. The molecule has 1 amide bonds. The predicted octanol–water partition coefficient (Wildman–Crippen LogP) is 1.83. The SMILES string of the molecule is CCCOc1ccc(CNC(=O)C(C)(C)N)cc1. The molecule has 0 unspecified atom stereocenters. The van der Waals surface area contributed by atoms with E-state index in [-0.39, 0.29) is 5.91 Å². The summed E-state index contributed by atoms with van der Waals surface area (Å²) < 4.78 is 5.48. The Morgan fingerprint density at radius 2 is 1.94 bits per heavy atom. The van der Waals surface area contributed by atoms with Crippen molar-refractivity contribution in [3.8, 4) is 5.75 Å². The van der Waals surface area contributed by atoms with Crippen LogP contribution in [0.5, 0.6) is 5.75 Å². The highest BCUT2D eigenvalue weighted by atomic mass is 16.5. The highest BCUT2D eigenvalue weighted by Gasteiger charge is 2.20. The van der Waals surface area contributed by atoms with E-state index in [1.165, 1.54) is 0 Å². The van der Waals surface area contributed by atoms with Crippen molar-refractivity contribution < 1.29 is 9.53 Å². The van der Waals surface area contributed by atoms with Gasteiger partial charge in [0, 0.05) is 6.54 Å². The fraction of sp³-hybridized carbons (Fsp3) is 0.500. The minimum absolute atomic E-state index is 0.159. The summed E-state index contributed by atoms with van der Waals surface area (Å²) in [7, 11) is 0. The molecule has 18 heavy (non-hydrogen) atoms. The van der Waals surface area contributed by atoms with Gasteiger partial charge in [-0.25, -0.2) is 0 Å². The maximum Gasteiger partial charge on any atom is 0.239 e. The van der Waals surface area contributed by atoms with Gasteiger partial charge in [-0.05, 0) is 38.0 Å². The quantitative estimate of drug-likeness (QED) is 0.809. The van der Waals surface area contributed by atoms with Crippen molar-refractivity contribution in [3.63, 3.8) is 0 Å². The van der Waals surface area contributed by atoms with Crippen LogP contribution < -0.4 is 15.8 Å². The molecule has 1 aromatic carbocycles. The Balaban J connectivity index is 2.46. The van der Waals surface area contributed by atoms with Crippen LogP contribution in [0.4, 0.5) is 0 Å². The zero-order valence-corrected chi connectivity index (χ0v) is 11.3. The number of benzene rings is 1. The minimum atomic E-state index is -0.843. The Morgan fingerprint density at radius 1 is 1.33 bits per heavy atom. The molecule has 0 fully saturated rings. The van der Waals surface area contributed by atoms with Crippen LogP contribution in [0, 0.1) is 0 Å². The lowest BCUT2D eigenvalue weighted by Crippen LogP contribution is -2.48. The lowest BCUT2D eigenvalue weighted by atomic mass is 10.1. The third kappa shape index (κ3) is 4.75. The Bertz CT molecular complexity index is 380. The molecule has 100 valence electrons. The molecule has 0 heterocycles. The Morgan fingerprint density at radius 3 is 2.44 bits per heavy atom. The number of rotatable bonds is 6. The summed E-state index contributed by atoms with van der Waals surface area (Å²) in [6.45, 7) is 6.64. The van der Waals surface area contributed by atoms with Crippen LogP contribution in [-0.4, -0.2) is 18.1 Å². The van der Waals surface area contributed by atoms with E-state index in [4.69, 9.17) is 10.5 Å². The van der Waals surface area contributed by atoms with Crippen molar-refractivity contribution in [3.05, 3.63) is 29.8 Å². The lowest BCUT2D eigenvalue weighted by molar-refractivity contribution is -0.125. The molecule has 0 aliphatic heterocycles. The number of carbonyl (C=O) groups excluding carboxylic acids is 1. The summed E-state index contributed by atoms with van der Waals surface area (Å²) >= 11 is 0. The summed E-state index contributed by atoms with van der Waals surface area (Å²) in [6.07, 6.45) is 0.989. The summed E-state index contributed by atoms with van der Waals surface area (Å²) in [5, 5.41) is 2.80. The van der Waals surface area contributed by atoms with Gasteiger partial charge in [0.25, 0.3) is 0 Å². The molecule has 1 aromatic rings. The van der Waals surface area contributed by atoms with E-state index in [0.717, 1.165) is 24.3 Å². The lowest BCUT2D eigenvalue weighted by Gasteiger charge is -2.17. The van der Waals surface area contributed by atoms with Crippen LogP contribution >= 0.6 is 0 Å². The van der Waals surface area contributed by atoms with Crippen molar-refractivity contribution in [2.75, 3.05) is 6.61 Å². The Kier molecular flexibility index (Phi) is 5.16. The van der Waals surface area contributed by atoms with E-state index < -0.39 is 5.54 Å². The fourth-order valence-corrected chi connectivity index (χ4v) is 1.33. The summed E-state index contributed by atoms with van der Waals surface area (Å²) in [5.74, 6) is 0.694. The largest absolute Gasteiger partial charge is 0.494 e. The van der Waals surface area contributed by atoms with Crippen molar-refractivity contribution in [2.24, 2.45) is 5.73 Å². The molecule has 0 aliphatic rings. The standard InChI is InChI=1S/C14H22N2O2/c1-4-9-18-12-7-5-11(6-8-12)10-16-13(17)14(2,3)15/h5-8H,4,9-10,15H2,1-3H3,(H,16,17). The molecular formula is C14H22N2O2. The number of nitrogens with one attached hydrogen (secondary N) is 1. The highest BCUT2D eigenvalue weighted by molar-refractivity contribution is 5.84. The maximum absolute atomic E-state index is 11.6. The van der Waals surface area contributed by atoms with Gasteiger partial charge in [-0.1, -0.05) is 19.1 Å². The normalized spacial score (nSPS) is 11.1. The van der Waals surface area contributed by atoms with E-state index in [2.05, 4.69) is 12.2 Å². The van der Waals surface area contributed by atoms with Crippen LogP contribution in [0.2, 0.25) is 0 Å².